The zero-order valence-electron chi connectivity index (χ0n) is 6.67. The molecule has 0 amide bonds. The van der Waals surface area contributed by atoms with Gasteiger partial charge >= 0.3 is 5.97 Å². The molecule has 0 radical (unpaired) electrons. The average molecular weight is 223 g/mol. The van der Waals surface area contributed by atoms with Crippen LogP contribution in [0.25, 0.3) is 0 Å². The molecule has 72 valence electrons. The molecule has 0 fully saturated rings. The highest BCUT2D eigenvalue weighted by molar-refractivity contribution is 6.31. The van der Waals surface area contributed by atoms with Gasteiger partial charge in [-0.25, -0.2) is 4.79 Å². The summed E-state index contributed by atoms with van der Waals surface area (Å²) in [5.41, 5.74) is 0. The molecule has 0 aliphatic heterocycles. The van der Waals surface area contributed by atoms with E-state index in [1.807, 2.05) is 0 Å². The second kappa shape index (κ2) is 4.53. The SMILES string of the molecule is O=C(O)COC1=CC=C(Cl)CC1Cl. The lowest BCUT2D eigenvalue weighted by Gasteiger charge is -2.16. The van der Waals surface area contributed by atoms with E-state index in [4.69, 9.17) is 33.0 Å². The van der Waals surface area contributed by atoms with Crippen LogP contribution < -0.4 is 0 Å². The van der Waals surface area contributed by atoms with E-state index in [-0.39, 0.29) is 12.0 Å². The number of aliphatic carboxylic acids is 1. The third kappa shape index (κ3) is 3.28. The van der Waals surface area contributed by atoms with Gasteiger partial charge in [-0.2, -0.15) is 0 Å². The van der Waals surface area contributed by atoms with Crippen molar-refractivity contribution in [2.45, 2.75) is 11.8 Å². The molecule has 5 heteroatoms. The molecular formula is C8H8Cl2O3. The van der Waals surface area contributed by atoms with Crippen molar-refractivity contribution in [3.05, 3.63) is 22.9 Å². The first-order valence-electron chi connectivity index (χ1n) is 3.64. The van der Waals surface area contributed by atoms with E-state index in [0.717, 1.165) is 0 Å². The minimum Gasteiger partial charge on any atom is -0.485 e. The van der Waals surface area contributed by atoms with Crippen molar-refractivity contribution >= 4 is 29.2 Å². The van der Waals surface area contributed by atoms with Crippen LogP contribution in [-0.2, 0) is 9.53 Å². The molecular weight excluding hydrogens is 215 g/mol. The number of hydrogen-bond acceptors (Lipinski definition) is 2. The Morgan fingerprint density at radius 3 is 2.92 bits per heavy atom. The van der Waals surface area contributed by atoms with Crippen LogP contribution in [0, 0.1) is 0 Å². The molecule has 0 saturated heterocycles. The summed E-state index contributed by atoms with van der Waals surface area (Å²) in [4.78, 5) is 10.2. The molecule has 1 atom stereocenters. The van der Waals surface area contributed by atoms with Gasteiger partial charge in [0.2, 0.25) is 0 Å². The molecule has 0 heterocycles. The van der Waals surface area contributed by atoms with E-state index in [0.29, 0.717) is 17.2 Å². The molecule has 0 saturated carbocycles. The summed E-state index contributed by atoms with van der Waals surface area (Å²) in [6, 6.07) is 0. The molecule has 1 aliphatic rings. The molecule has 1 rings (SSSR count). The fourth-order valence-corrected chi connectivity index (χ4v) is 1.50. The summed E-state index contributed by atoms with van der Waals surface area (Å²) in [5.74, 6) is -0.570. The Morgan fingerprint density at radius 2 is 2.38 bits per heavy atom. The number of carboxylic acid groups (broad SMARTS) is 1. The monoisotopic (exact) mass is 222 g/mol. The van der Waals surface area contributed by atoms with Crippen LogP contribution in [0.3, 0.4) is 0 Å². The minimum atomic E-state index is -1.02. The van der Waals surface area contributed by atoms with E-state index in [1.165, 1.54) is 0 Å². The lowest BCUT2D eigenvalue weighted by molar-refractivity contribution is -0.140. The third-order valence-electron chi connectivity index (χ3n) is 1.47. The van der Waals surface area contributed by atoms with E-state index >= 15 is 0 Å². The highest BCUT2D eigenvalue weighted by Gasteiger charge is 2.17. The summed E-state index contributed by atoms with van der Waals surface area (Å²) in [6.45, 7) is -0.374. The molecule has 3 nitrogen and oxygen atoms in total. The third-order valence-corrected chi connectivity index (χ3v) is 2.12. The molecule has 0 spiro atoms. The summed E-state index contributed by atoms with van der Waals surface area (Å²) < 4.78 is 4.93. The van der Waals surface area contributed by atoms with E-state index in [2.05, 4.69) is 0 Å². The first kappa shape index (κ1) is 10.4. The van der Waals surface area contributed by atoms with E-state index < -0.39 is 5.97 Å². The van der Waals surface area contributed by atoms with Gasteiger partial charge in [0.1, 0.15) is 5.76 Å². The number of carboxylic acids is 1. The quantitative estimate of drug-likeness (QED) is 0.745. The maximum absolute atomic E-state index is 10.2. The fourth-order valence-electron chi connectivity index (χ4n) is 0.900. The van der Waals surface area contributed by atoms with Gasteiger partial charge in [-0.05, 0) is 12.2 Å². The maximum Gasteiger partial charge on any atom is 0.341 e. The second-order valence-corrected chi connectivity index (χ2v) is 3.55. The zero-order valence-corrected chi connectivity index (χ0v) is 8.18. The van der Waals surface area contributed by atoms with Crippen molar-refractivity contribution < 1.29 is 14.6 Å². The lowest BCUT2D eigenvalue weighted by Crippen LogP contribution is -2.14. The standard InChI is InChI=1S/C8H8Cl2O3/c9-5-1-2-7(6(10)3-5)13-4-8(11)12/h1-2,6H,3-4H2,(H,11,12). The number of halogens is 2. The predicted molar refractivity (Wildman–Crippen MR) is 49.9 cm³/mol. The predicted octanol–water partition coefficient (Wildman–Crippen LogP) is 2.11. The Labute approximate surface area is 85.6 Å². The fraction of sp³-hybridized carbons (Fsp3) is 0.375. The van der Waals surface area contributed by atoms with E-state index in [9.17, 15) is 4.79 Å². The van der Waals surface area contributed by atoms with Crippen molar-refractivity contribution in [1.82, 2.24) is 0 Å². The number of rotatable bonds is 3. The summed E-state index contributed by atoms with van der Waals surface area (Å²) >= 11 is 11.5. The molecule has 1 unspecified atom stereocenters. The lowest BCUT2D eigenvalue weighted by atomic mass is 10.1. The molecule has 1 aliphatic carbocycles. The number of hydrogen-bond donors (Lipinski definition) is 1. The molecule has 13 heavy (non-hydrogen) atoms. The van der Waals surface area contributed by atoms with Crippen molar-refractivity contribution in [1.29, 1.82) is 0 Å². The minimum absolute atomic E-state index is 0.364. The van der Waals surface area contributed by atoms with Crippen LogP contribution in [0.1, 0.15) is 6.42 Å². The van der Waals surface area contributed by atoms with Crippen LogP contribution in [0.5, 0.6) is 0 Å². The van der Waals surface area contributed by atoms with Gasteiger partial charge in [0, 0.05) is 11.5 Å². The molecule has 0 aromatic heterocycles. The van der Waals surface area contributed by atoms with Gasteiger partial charge in [0.15, 0.2) is 6.61 Å². The van der Waals surface area contributed by atoms with Crippen LogP contribution in [0.4, 0.5) is 0 Å². The highest BCUT2D eigenvalue weighted by atomic mass is 35.5. The van der Waals surface area contributed by atoms with Crippen molar-refractivity contribution in [2.24, 2.45) is 0 Å². The molecule has 0 bridgehead atoms. The van der Waals surface area contributed by atoms with Gasteiger partial charge in [0.25, 0.3) is 0 Å². The van der Waals surface area contributed by atoms with Crippen molar-refractivity contribution in [3.63, 3.8) is 0 Å². The first-order valence-corrected chi connectivity index (χ1v) is 4.46. The van der Waals surface area contributed by atoms with E-state index in [1.54, 1.807) is 12.2 Å². The zero-order chi connectivity index (χ0) is 9.84. The normalized spacial score (nSPS) is 21.8. The molecule has 0 aromatic rings. The van der Waals surface area contributed by atoms with Gasteiger partial charge in [0.05, 0.1) is 5.38 Å². The number of carbonyl (C=O) groups is 1. The van der Waals surface area contributed by atoms with Crippen molar-refractivity contribution in [2.75, 3.05) is 6.61 Å². The van der Waals surface area contributed by atoms with Gasteiger partial charge in [-0.1, -0.05) is 11.6 Å². The largest absolute Gasteiger partial charge is 0.485 e. The topological polar surface area (TPSA) is 46.5 Å². The van der Waals surface area contributed by atoms with Crippen LogP contribution in [0.2, 0.25) is 0 Å². The van der Waals surface area contributed by atoms with Crippen LogP contribution >= 0.6 is 23.2 Å². The maximum atomic E-state index is 10.2. The summed E-state index contributed by atoms with van der Waals surface area (Å²) in [7, 11) is 0. The number of allylic oxidation sites excluding steroid dienone is 4. The second-order valence-electron chi connectivity index (χ2n) is 2.54. The average Bonchev–Trinajstić information content (AvgIpc) is 2.02. The summed E-state index contributed by atoms with van der Waals surface area (Å²) in [5, 5.41) is 8.62. The molecule has 0 aromatic carbocycles. The highest BCUT2D eigenvalue weighted by Crippen LogP contribution is 2.26. The van der Waals surface area contributed by atoms with Crippen molar-refractivity contribution in [3.8, 4) is 0 Å². The molecule has 1 N–H and O–H groups in total. The summed E-state index contributed by atoms with van der Waals surface area (Å²) in [6.07, 6.45) is 3.72. The smallest absolute Gasteiger partial charge is 0.341 e. The van der Waals surface area contributed by atoms with Gasteiger partial charge in [-0.3, -0.25) is 0 Å². The number of ether oxygens (including phenoxy) is 1. The number of alkyl halides is 1. The first-order chi connectivity index (χ1) is 6.09. The van der Waals surface area contributed by atoms with Gasteiger partial charge in [-0.15, -0.1) is 11.6 Å². The Morgan fingerprint density at radius 1 is 1.69 bits per heavy atom. The Bertz CT molecular complexity index is 271. The Hall–Kier alpha value is -0.670. The Balaban J connectivity index is 2.53. The Kier molecular flexibility index (Phi) is 3.63. The van der Waals surface area contributed by atoms with Crippen LogP contribution in [-0.4, -0.2) is 23.1 Å². The van der Waals surface area contributed by atoms with Crippen LogP contribution in [0.15, 0.2) is 22.9 Å². The van der Waals surface area contributed by atoms with Gasteiger partial charge < -0.3 is 9.84 Å².